The van der Waals surface area contributed by atoms with Gasteiger partial charge in [0.25, 0.3) is 0 Å². The number of fused-ring (bicyclic) bond motifs is 2. The summed E-state index contributed by atoms with van der Waals surface area (Å²) in [6.07, 6.45) is 3.09. The van der Waals surface area contributed by atoms with E-state index in [1.807, 2.05) is 0 Å². The van der Waals surface area contributed by atoms with Crippen LogP contribution in [0.5, 0.6) is 0 Å². The number of hydrogen-bond acceptors (Lipinski definition) is 0. The largest absolute Gasteiger partial charge is 0.0625 e. The van der Waals surface area contributed by atoms with E-state index in [9.17, 15) is 0 Å². The Hall–Kier alpha value is 0. The molecule has 5 unspecified atom stereocenters. The van der Waals surface area contributed by atoms with Gasteiger partial charge in [0.15, 0.2) is 0 Å². The van der Waals surface area contributed by atoms with Crippen molar-refractivity contribution >= 4 is 0 Å². The van der Waals surface area contributed by atoms with E-state index < -0.39 is 0 Å². The minimum Gasteiger partial charge on any atom is -0.0625 e. The fourth-order valence-corrected chi connectivity index (χ4v) is 5.20. The van der Waals surface area contributed by atoms with Crippen molar-refractivity contribution in [3.63, 3.8) is 0 Å². The predicted molar refractivity (Wildman–Crippen MR) is 71.2 cm³/mol. The molecule has 0 amide bonds. The van der Waals surface area contributed by atoms with Crippen molar-refractivity contribution in [2.24, 2.45) is 47.3 Å². The Morgan fingerprint density at radius 3 is 1.69 bits per heavy atom. The summed E-state index contributed by atoms with van der Waals surface area (Å²) in [6.45, 7) is 14.7. The maximum Gasteiger partial charge on any atom is -0.0326 e. The molecular weight excluding hydrogens is 192 g/mol. The molecular formula is C16H30. The molecule has 2 fully saturated rings. The smallest absolute Gasteiger partial charge is 0.0326 e. The Morgan fingerprint density at radius 1 is 0.688 bits per heavy atom. The fourth-order valence-electron chi connectivity index (χ4n) is 5.20. The topological polar surface area (TPSA) is 0 Å². The van der Waals surface area contributed by atoms with Crippen molar-refractivity contribution in [3.05, 3.63) is 0 Å². The summed E-state index contributed by atoms with van der Waals surface area (Å²) >= 11 is 0. The molecule has 0 aromatic carbocycles. The molecule has 2 rings (SSSR count). The third kappa shape index (κ3) is 1.83. The lowest BCUT2D eigenvalue weighted by molar-refractivity contribution is 0.0673. The number of hydrogen-bond donors (Lipinski definition) is 0. The standard InChI is InChI=1S/C16H30/c1-9(2)13-7-12-8-14(13)16(11(5)6)15(12)10(3)4/h9-16H,7-8H2,1-6H3. The summed E-state index contributed by atoms with van der Waals surface area (Å²) in [5, 5.41) is 0. The van der Waals surface area contributed by atoms with Crippen LogP contribution in [-0.4, -0.2) is 0 Å². The van der Waals surface area contributed by atoms with Gasteiger partial charge in [0.05, 0.1) is 0 Å². The highest BCUT2D eigenvalue weighted by molar-refractivity contribution is 5.02. The van der Waals surface area contributed by atoms with E-state index in [-0.39, 0.29) is 0 Å². The quantitative estimate of drug-likeness (QED) is 0.641. The molecule has 2 aliphatic carbocycles. The van der Waals surface area contributed by atoms with Gasteiger partial charge in [-0.25, -0.2) is 0 Å². The van der Waals surface area contributed by atoms with Gasteiger partial charge >= 0.3 is 0 Å². The SMILES string of the molecule is CC(C)C1CC2CC1C(C(C)C)C2C(C)C. The van der Waals surface area contributed by atoms with Crippen LogP contribution in [0.3, 0.4) is 0 Å². The maximum atomic E-state index is 2.46. The van der Waals surface area contributed by atoms with Crippen LogP contribution >= 0.6 is 0 Å². The zero-order chi connectivity index (χ0) is 12.0. The van der Waals surface area contributed by atoms with Crippen molar-refractivity contribution in [2.75, 3.05) is 0 Å². The second-order valence-corrected chi connectivity index (χ2v) is 7.45. The fraction of sp³-hybridized carbons (Fsp3) is 1.00. The molecule has 0 nitrogen and oxygen atoms in total. The van der Waals surface area contributed by atoms with Crippen molar-refractivity contribution in [1.29, 1.82) is 0 Å². The molecule has 0 radical (unpaired) electrons. The molecule has 5 atom stereocenters. The zero-order valence-corrected chi connectivity index (χ0v) is 12.0. The molecule has 0 aromatic rings. The first-order valence-corrected chi connectivity index (χ1v) is 7.43. The molecule has 2 saturated carbocycles. The van der Waals surface area contributed by atoms with Crippen LogP contribution in [0, 0.1) is 47.3 Å². The van der Waals surface area contributed by atoms with E-state index in [0.717, 1.165) is 47.3 Å². The lowest BCUT2D eigenvalue weighted by atomic mass is 9.64. The highest BCUT2D eigenvalue weighted by Gasteiger charge is 2.54. The molecule has 94 valence electrons. The normalized spacial score (nSPS) is 42.9. The van der Waals surface area contributed by atoms with Gasteiger partial charge in [-0.3, -0.25) is 0 Å². The van der Waals surface area contributed by atoms with Crippen LogP contribution in [0.2, 0.25) is 0 Å². The van der Waals surface area contributed by atoms with Gasteiger partial charge in [0, 0.05) is 0 Å². The average molecular weight is 222 g/mol. The van der Waals surface area contributed by atoms with E-state index in [0.29, 0.717) is 0 Å². The van der Waals surface area contributed by atoms with Gasteiger partial charge < -0.3 is 0 Å². The Balaban J connectivity index is 2.19. The first-order valence-electron chi connectivity index (χ1n) is 7.43. The molecule has 0 aromatic heterocycles. The molecule has 0 N–H and O–H groups in total. The van der Waals surface area contributed by atoms with E-state index in [1.54, 1.807) is 6.42 Å². The minimum absolute atomic E-state index is 0.893. The highest BCUT2D eigenvalue weighted by Crippen LogP contribution is 2.61. The summed E-state index contributed by atoms with van der Waals surface area (Å²) in [6, 6.07) is 0. The van der Waals surface area contributed by atoms with Crippen molar-refractivity contribution in [3.8, 4) is 0 Å². The van der Waals surface area contributed by atoms with Crippen LogP contribution in [0.4, 0.5) is 0 Å². The third-order valence-corrected chi connectivity index (χ3v) is 5.58. The number of rotatable bonds is 3. The van der Waals surface area contributed by atoms with Crippen molar-refractivity contribution in [2.45, 2.75) is 54.4 Å². The van der Waals surface area contributed by atoms with Crippen molar-refractivity contribution < 1.29 is 0 Å². The van der Waals surface area contributed by atoms with Gasteiger partial charge in [-0.05, 0) is 60.2 Å². The Bertz CT molecular complexity index is 238. The minimum atomic E-state index is 0.893. The van der Waals surface area contributed by atoms with Crippen LogP contribution in [0.25, 0.3) is 0 Å². The molecule has 0 heteroatoms. The zero-order valence-electron chi connectivity index (χ0n) is 12.0. The highest BCUT2D eigenvalue weighted by atomic mass is 14.6. The maximum absolute atomic E-state index is 2.46. The average Bonchev–Trinajstić information content (AvgIpc) is 2.72. The molecule has 2 aliphatic rings. The van der Waals surface area contributed by atoms with E-state index >= 15 is 0 Å². The van der Waals surface area contributed by atoms with Crippen LogP contribution < -0.4 is 0 Å². The molecule has 0 saturated heterocycles. The van der Waals surface area contributed by atoms with E-state index in [1.165, 1.54) is 6.42 Å². The summed E-state index contributed by atoms with van der Waals surface area (Å²) in [7, 11) is 0. The van der Waals surface area contributed by atoms with Gasteiger partial charge in [-0.1, -0.05) is 41.5 Å². The Morgan fingerprint density at radius 2 is 1.25 bits per heavy atom. The monoisotopic (exact) mass is 222 g/mol. The molecule has 0 spiro atoms. The second-order valence-electron chi connectivity index (χ2n) is 7.45. The summed E-state index contributed by atoms with van der Waals surface area (Å²) in [5.74, 6) is 7.89. The summed E-state index contributed by atoms with van der Waals surface area (Å²) in [5.41, 5.74) is 0. The van der Waals surface area contributed by atoms with Gasteiger partial charge in [-0.2, -0.15) is 0 Å². The van der Waals surface area contributed by atoms with Gasteiger partial charge in [-0.15, -0.1) is 0 Å². The van der Waals surface area contributed by atoms with Gasteiger partial charge in [0.1, 0.15) is 0 Å². The van der Waals surface area contributed by atoms with Crippen LogP contribution in [-0.2, 0) is 0 Å². The first kappa shape index (κ1) is 12.5. The summed E-state index contributed by atoms with van der Waals surface area (Å²) in [4.78, 5) is 0. The van der Waals surface area contributed by atoms with Gasteiger partial charge in [0.2, 0.25) is 0 Å². The van der Waals surface area contributed by atoms with Crippen LogP contribution in [0.1, 0.15) is 54.4 Å². The third-order valence-electron chi connectivity index (χ3n) is 5.58. The van der Waals surface area contributed by atoms with E-state index in [4.69, 9.17) is 0 Å². The first-order chi connectivity index (χ1) is 7.43. The predicted octanol–water partition coefficient (Wildman–Crippen LogP) is 4.84. The second kappa shape index (κ2) is 4.35. The molecule has 0 heterocycles. The van der Waals surface area contributed by atoms with Crippen molar-refractivity contribution in [1.82, 2.24) is 0 Å². The Labute approximate surface area is 102 Å². The molecule has 2 bridgehead atoms. The Kier molecular flexibility index (Phi) is 3.39. The summed E-state index contributed by atoms with van der Waals surface area (Å²) < 4.78 is 0. The molecule has 16 heavy (non-hydrogen) atoms. The lowest BCUT2D eigenvalue weighted by Gasteiger charge is -2.41. The van der Waals surface area contributed by atoms with E-state index in [2.05, 4.69) is 41.5 Å². The lowest BCUT2D eigenvalue weighted by Crippen LogP contribution is -2.36. The van der Waals surface area contributed by atoms with Crippen LogP contribution in [0.15, 0.2) is 0 Å². The molecule has 0 aliphatic heterocycles.